The molecule has 8 heteroatoms. The van der Waals surface area contributed by atoms with Gasteiger partial charge in [0.2, 0.25) is 0 Å². The first-order chi connectivity index (χ1) is 13.4. The number of halogens is 3. The van der Waals surface area contributed by atoms with Crippen LogP contribution in [0, 0.1) is 0 Å². The summed E-state index contributed by atoms with van der Waals surface area (Å²) >= 11 is 0. The van der Waals surface area contributed by atoms with Crippen molar-refractivity contribution >= 4 is 17.3 Å². The molecular formula is C20H21F3N2O3. The third-order valence-corrected chi connectivity index (χ3v) is 4.36. The second-order valence-electron chi connectivity index (χ2n) is 6.21. The van der Waals surface area contributed by atoms with Crippen LogP contribution in [-0.2, 0) is 10.9 Å². The zero-order valence-corrected chi connectivity index (χ0v) is 15.4. The number of alkyl halides is 3. The van der Waals surface area contributed by atoms with E-state index in [1.807, 2.05) is 4.90 Å². The highest BCUT2D eigenvalue weighted by Gasteiger charge is 2.32. The standard InChI is InChI=1S/C20H21F3N2O3/c1-2-28-18-6-4-3-5-15(18)19(26)24-16-13-14(20(21,22)23)7-8-17(16)25-9-11-27-12-10-25/h3-8,13H,2,9-12H2,1H3,(H,24,26). The molecule has 0 atom stereocenters. The van der Waals surface area contributed by atoms with Gasteiger partial charge in [0.25, 0.3) is 5.91 Å². The van der Waals surface area contributed by atoms with E-state index in [-0.39, 0.29) is 11.3 Å². The van der Waals surface area contributed by atoms with E-state index in [2.05, 4.69) is 5.32 Å². The number of ether oxygens (including phenoxy) is 2. The molecule has 0 spiro atoms. The molecule has 2 aromatic carbocycles. The number of amides is 1. The molecule has 1 aliphatic rings. The second kappa shape index (κ2) is 8.52. The lowest BCUT2D eigenvalue weighted by Gasteiger charge is -2.31. The van der Waals surface area contributed by atoms with Crippen molar-refractivity contribution in [2.24, 2.45) is 0 Å². The Labute approximate surface area is 161 Å². The number of benzene rings is 2. The van der Waals surface area contributed by atoms with Crippen LogP contribution in [0.3, 0.4) is 0 Å². The number of nitrogens with zero attached hydrogens (tertiary/aromatic N) is 1. The second-order valence-corrected chi connectivity index (χ2v) is 6.21. The predicted octanol–water partition coefficient (Wildman–Crippen LogP) is 4.19. The molecule has 1 amide bonds. The molecule has 1 fully saturated rings. The number of rotatable bonds is 5. The Morgan fingerprint density at radius 3 is 2.57 bits per heavy atom. The first-order valence-electron chi connectivity index (χ1n) is 8.97. The topological polar surface area (TPSA) is 50.8 Å². The van der Waals surface area contributed by atoms with Gasteiger partial charge in [-0.1, -0.05) is 12.1 Å². The van der Waals surface area contributed by atoms with Crippen LogP contribution in [0.2, 0.25) is 0 Å². The highest BCUT2D eigenvalue weighted by molar-refractivity contribution is 6.07. The molecule has 5 nitrogen and oxygen atoms in total. The van der Waals surface area contributed by atoms with Gasteiger partial charge in [0.1, 0.15) is 5.75 Å². The Morgan fingerprint density at radius 2 is 1.89 bits per heavy atom. The number of nitrogens with one attached hydrogen (secondary N) is 1. The van der Waals surface area contributed by atoms with E-state index < -0.39 is 17.6 Å². The van der Waals surface area contributed by atoms with Gasteiger partial charge >= 0.3 is 6.18 Å². The number of anilines is 2. The summed E-state index contributed by atoms with van der Waals surface area (Å²) in [4.78, 5) is 14.7. The van der Waals surface area contributed by atoms with E-state index in [0.717, 1.165) is 12.1 Å². The minimum Gasteiger partial charge on any atom is -0.493 e. The minimum absolute atomic E-state index is 0.105. The van der Waals surface area contributed by atoms with Gasteiger partial charge in [-0.2, -0.15) is 13.2 Å². The number of hydrogen-bond donors (Lipinski definition) is 1. The molecule has 28 heavy (non-hydrogen) atoms. The molecule has 0 unspecified atom stereocenters. The molecule has 150 valence electrons. The van der Waals surface area contributed by atoms with Crippen LogP contribution in [-0.4, -0.2) is 38.8 Å². The zero-order valence-electron chi connectivity index (χ0n) is 15.4. The lowest BCUT2D eigenvalue weighted by molar-refractivity contribution is -0.137. The molecule has 1 aliphatic heterocycles. The van der Waals surface area contributed by atoms with Crippen molar-refractivity contribution in [2.75, 3.05) is 43.1 Å². The van der Waals surface area contributed by atoms with Gasteiger partial charge in [-0.25, -0.2) is 0 Å². The molecule has 3 rings (SSSR count). The van der Waals surface area contributed by atoms with Crippen LogP contribution in [0.25, 0.3) is 0 Å². The van der Waals surface area contributed by atoms with Gasteiger partial charge in [0, 0.05) is 13.1 Å². The summed E-state index contributed by atoms with van der Waals surface area (Å²) in [5.41, 5.74) is 0.0687. The highest BCUT2D eigenvalue weighted by atomic mass is 19.4. The van der Waals surface area contributed by atoms with E-state index in [1.54, 1.807) is 31.2 Å². The smallest absolute Gasteiger partial charge is 0.416 e. The maximum absolute atomic E-state index is 13.2. The average Bonchev–Trinajstić information content (AvgIpc) is 2.68. The molecule has 0 radical (unpaired) electrons. The molecule has 1 N–H and O–H groups in total. The first kappa shape index (κ1) is 20.0. The van der Waals surface area contributed by atoms with Gasteiger partial charge < -0.3 is 19.7 Å². The van der Waals surface area contributed by atoms with Crippen LogP contribution >= 0.6 is 0 Å². The molecule has 0 aromatic heterocycles. The fourth-order valence-electron chi connectivity index (χ4n) is 3.02. The van der Waals surface area contributed by atoms with Crippen LogP contribution in [0.1, 0.15) is 22.8 Å². The SMILES string of the molecule is CCOc1ccccc1C(=O)Nc1cc(C(F)(F)F)ccc1N1CCOCC1. The monoisotopic (exact) mass is 394 g/mol. The van der Waals surface area contributed by atoms with Gasteiger partial charge in [0.05, 0.1) is 42.3 Å². The number of carbonyl (C=O) groups excluding carboxylic acids is 1. The lowest BCUT2D eigenvalue weighted by atomic mass is 10.1. The molecule has 2 aromatic rings. The third-order valence-electron chi connectivity index (χ3n) is 4.36. The first-order valence-corrected chi connectivity index (χ1v) is 8.97. The van der Waals surface area contributed by atoms with Crippen LogP contribution in [0.15, 0.2) is 42.5 Å². The van der Waals surface area contributed by atoms with Crippen molar-refractivity contribution in [1.82, 2.24) is 0 Å². The van der Waals surface area contributed by atoms with Crippen LogP contribution in [0.4, 0.5) is 24.5 Å². The van der Waals surface area contributed by atoms with Crippen LogP contribution < -0.4 is 15.0 Å². The van der Waals surface area contributed by atoms with Gasteiger partial charge in [0.15, 0.2) is 0 Å². The number of hydrogen-bond acceptors (Lipinski definition) is 4. The Kier molecular flexibility index (Phi) is 6.08. The van der Waals surface area contributed by atoms with Crippen molar-refractivity contribution in [3.63, 3.8) is 0 Å². The summed E-state index contributed by atoms with van der Waals surface area (Å²) in [6.07, 6.45) is -4.51. The summed E-state index contributed by atoms with van der Waals surface area (Å²) < 4.78 is 50.4. The normalized spacial score (nSPS) is 14.6. The van der Waals surface area contributed by atoms with E-state index in [9.17, 15) is 18.0 Å². The van der Waals surface area contributed by atoms with Crippen molar-refractivity contribution in [1.29, 1.82) is 0 Å². The van der Waals surface area contributed by atoms with Crippen molar-refractivity contribution in [3.8, 4) is 5.75 Å². The number of carbonyl (C=O) groups is 1. The fourth-order valence-corrected chi connectivity index (χ4v) is 3.02. The summed E-state index contributed by atoms with van der Waals surface area (Å²) in [6, 6.07) is 9.99. The van der Waals surface area contributed by atoms with Gasteiger partial charge in [-0.15, -0.1) is 0 Å². The summed E-state index contributed by atoms with van der Waals surface area (Å²) in [7, 11) is 0. The van der Waals surface area contributed by atoms with Crippen molar-refractivity contribution in [3.05, 3.63) is 53.6 Å². The lowest BCUT2D eigenvalue weighted by Crippen LogP contribution is -2.36. The van der Waals surface area contributed by atoms with E-state index in [4.69, 9.17) is 9.47 Å². The fraction of sp³-hybridized carbons (Fsp3) is 0.350. The summed E-state index contributed by atoms with van der Waals surface area (Å²) in [6.45, 7) is 4.17. The number of morpholine rings is 1. The maximum atomic E-state index is 13.2. The third kappa shape index (κ3) is 4.56. The van der Waals surface area contributed by atoms with Crippen LogP contribution in [0.5, 0.6) is 5.75 Å². The molecule has 1 saturated heterocycles. The zero-order chi connectivity index (χ0) is 20.1. The van der Waals surface area contributed by atoms with Gasteiger partial charge in [-0.3, -0.25) is 4.79 Å². The Bertz CT molecular complexity index is 834. The molecule has 0 aliphatic carbocycles. The minimum atomic E-state index is -4.51. The van der Waals surface area contributed by atoms with E-state index in [1.165, 1.54) is 6.07 Å². The van der Waals surface area contributed by atoms with Gasteiger partial charge in [-0.05, 0) is 37.3 Å². The van der Waals surface area contributed by atoms with Crippen molar-refractivity contribution in [2.45, 2.75) is 13.1 Å². The number of para-hydroxylation sites is 1. The molecule has 0 bridgehead atoms. The summed E-state index contributed by atoms with van der Waals surface area (Å²) in [5.74, 6) is -0.153. The summed E-state index contributed by atoms with van der Waals surface area (Å²) in [5, 5.41) is 2.63. The average molecular weight is 394 g/mol. The molecule has 0 saturated carbocycles. The largest absolute Gasteiger partial charge is 0.493 e. The Hall–Kier alpha value is -2.74. The van der Waals surface area contributed by atoms with E-state index in [0.29, 0.717) is 44.3 Å². The highest BCUT2D eigenvalue weighted by Crippen LogP contribution is 2.36. The van der Waals surface area contributed by atoms with E-state index >= 15 is 0 Å². The Morgan fingerprint density at radius 1 is 1.18 bits per heavy atom. The maximum Gasteiger partial charge on any atom is 0.416 e. The molecule has 1 heterocycles. The Balaban J connectivity index is 1.95. The molecular weight excluding hydrogens is 373 g/mol. The quantitative estimate of drug-likeness (QED) is 0.826. The predicted molar refractivity (Wildman–Crippen MR) is 100 cm³/mol. The van der Waals surface area contributed by atoms with Crippen molar-refractivity contribution < 1.29 is 27.4 Å².